The number of benzene rings is 2. The van der Waals surface area contributed by atoms with E-state index in [2.05, 4.69) is 10.6 Å². The molecule has 6 nitrogen and oxygen atoms in total. The number of rotatable bonds is 3. The quantitative estimate of drug-likeness (QED) is 0.737. The van der Waals surface area contributed by atoms with E-state index in [4.69, 9.17) is 23.2 Å². The van der Waals surface area contributed by atoms with Crippen molar-refractivity contribution >= 4 is 50.5 Å². The summed E-state index contributed by atoms with van der Waals surface area (Å²) in [5, 5.41) is 5.82. The zero-order chi connectivity index (χ0) is 19.6. The summed E-state index contributed by atoms with van der Waals surface area (Å²) in [6.07, 6.45) is 0.314. The molecule has 27 heavy (non-hydrogen) atoms. The lowest BCUT2D eigenvalue weighted by Gasteiger charge is -2.11. The second-order valence-electron chi connectivity index (χ2n) is 6.24. The van der Waals surface area contributed by atoms with Gasteiger partial charge in [0.25, 0.3) is 0 Å². The maximum absolute atomic E-state index is 12.1. The summed E-state index contributed by atoms with van der Waals surface area (Å²) in [7, 11) is -3.14. The zero-order valence-corrected chi connectivity index (χ0v) is 16.4. The SMILES string of the molecule is O=C(Nc1cccc(-c2ccc(Cl)c(Cl)c2)c1)C(=O)NC1CCS(=O)(=O)C1. The van der Waals surface area contributed by atoms with Crippen LogP contribution in [0.25, 0.3) is 11.1 Å². The molecule has 1 saturated heterocycles. The fourth-order valence-electron chi connectivity index (χ4n) is 2.80. The van der Waals surface area contributed by atoms with Crippen LogP contribution in [0.4, 0.5) is 5.69 Å². The smallest absolute Gasteiger partial charge is 0.313 e. The normalized spacial score (nSPS) is 18.1. The van der Waals surface area contributed by atoms with Crippen molar-refractivity contribution in [3.05, 3.63) is 52.5 Å². The van der Waals surface area contributed by atoms with Crippen molar-refractivity contribution < 1.29 is 18.0 Å². The molecule has 1 aliphatic rings. The number of hydrogen-bond donors (Lipinski definition) is 2. The maximum atomic E-state index is 12.1. The van der Waals surface area contributed by atoms with E-state index in [9.17, 15) is 18.0 Å². The van der Waals surface area contributed by atoms with Crippen LogP contribution in [0.3, 0.4) is 0 Å². The minimum Gasteiger partial charge on any atom is -0.344 e. The molecule has 1 atom stereocenters. The molecule has 0 aromatic heterocycles. The predicted octanol–water partition coefficient (Wildman–Crippen LogP) is 2.90. The van der Waals surface area contributed by atoms with Gasteiger partial charge in [-0.3, -0.25) is 9.59 Å². The molecule has 9 heteroatoms. The minimum absolute atomic E-state index is 0.0191. The third-order valence-corrected chi connectivity index (χ3v) is 6.65. The van der Waals surface area contributed by atoms with Gasteiger partial charge in [0.2, 0.25) is 0 Å². The average Bonchev–Trinajstić information content (AvgIpc) is 2.96. The van der Waals surface area contributed by atoms with Crippen LogP contribution < -0.4 is 10.6 Å². The van der Waals surface area contributed by atoms with Crippen molar-refractivity contribution in [1.82, 2.24) is 5.32 Å². The molecule has 2 aromatic rings. The molecule has 2 aromatic carbocycles. The molecule has 0 spiro atoms. The van der Waals surface area contributed by atoms with Crippen molar-refractivity contribution in [2.45, 2.75) is 12.5 Å². The largest absolute Gasteiger partial charge is 0.344 e. The topological polar surface area (TPSA) is 92.3 Å². The van der Waals surface area contributed by atoms with Gasteiger partial charge in [-0.1, -0.05) is 41.4 Å². The van der Waals surface area contributed by atoms with E-state index in [1.54, 1.807) is 36.4 Å². The second-order valence-corrected chi connectivity index (χ2v) is 9.28. The number of carbonyl (C=O) groups excluding carboxylic acids is 2. The van der Waals surface area contributed by atoms with Gasteiger partial charge in [0, 0.05) is 11.7 Å². The molecule has 2 amide bonds. The Labute approximate surface area is 166 Å². The Morgan fingerprint density at radius 2 is 1.70 bits per heavy atom. The van der Waals surface area contributed by atoms with Gasteiger partial charge in [0.1, 0.15) is 0 Å². The number of hydrogen-bond acceptors (Lipinski definition) is 4. The van der Waals surface area contributed by atoms with Crippen LogP contribution in [0.2, 0.25) is 10.0 Å². The van der Waals surface area contributed by atoms with E-state index in [0.717, 1.165) is 11.1 Å². The Balaban J connectivity index is 1.67. The Morgan fingerprint density at radius 1 is 0.963 bits per heavy atom. The van der Waals surface area contributed by atoms with Gasteiger partial charge in [0.15, 0.2) is 9.84 Å². The first kappa shape index (κ1) is 19.7. The molecule has 0 radical (unpaired) electrons. The highest BCUT2D eigenvalue weighted by molar-refractivity contribution is 7.91. The van der Waals surface area contributed by atoms with Crippen molar-refractivity contribution in [2.24, 2.45) is 0 Å². The van der Waals surface area contributed by atoms with E-state index in [0.29, 0.717) is 22.2 Å². The highest BCUT2D eigenvalue weighted by Crippen LogP contribution is 2.29. The van der Waals surface area contributed by atoms with Gasteiger partial charge < -0.3 is 10.6 Å². The first-order valence-corrected chi connectivity index (χ1v) is 10.7. The predicted molar refractivity (Wildman–Crippen MR) is 106 cm³/mol. The monoisotopic (exact) mass is 426 g/mol. The van der Waals surface area contributed by atoms with Gasteiger partial charge in [-0.15, -0.1) is 0 Å². The lowest BCUT2D eigenvalue weighted by atomic mass is 10.1. The first-order chi connectivity index (χ1) is 12.7. The highest BCUT2D eigenvalue weighted by atomic mass is 35.5. The van der Waals surface area contributed by atoms with Crippen molar-refractivity contribution in [3.8, 4) is 11.1 Å². The molecule has 0 saturated carbocycles. The molecular weight excluding hydrogens is 411 g/mol. The average molecular weight is 427 g/mol. The number of sulfone groups is 1. The fourth-order valence-corrected chi connectivity index (χ4v) is 4.77. The lowest BCUT2D eigenvalue weighted by Crippen LogP contribution is -2.42. The van der Waals surface area contributed by atoms with E-state index in [1.807, 2.05) is 6.07 Å². The summed E-state index contributed by atoms with van der Waals surface area (Å²) < 4.78 is 22.9. The van der Waals surface area contributed by atoms with Crippen molar-refractivity contribution in [1.29, 1.82) is 0 Å². The number of halogens is 2. The molecule has 1 fully saturated rings. The van der Waals surface area contributed by atoms with E-state index >= 15 is 0 Å². The van der Waals surface area contributed by atoms with Gasteiger partial charge in [-0.25, -0.2) is 8.42 Å². The van der Waals surface area contributed by atoms with E-state index in [1.165, 1.54) is 0 Å². The van der Waals surface area contributed by atoms with Gasteiger partial charge in [-0.2, -0.15) is 0 Å². The second kappa shape index (κ2) is 7.88. The summed E-state index contributed by atoms with van der Waals surface area (Å²) >= 11 is 12.0. The van der Waals surface area contributed by atoms with Gasteiger partial charge in [0.05, 0.1) is 21.6 Å². The fraction of sp³-hybridized carbons (Fsp3) is 0.222. The third-order valence-electron chi connectivity index (χ3n) is 4.15. The van der Waals surface area contributed by atoms with Crippen LogP contribution in [0.15, 0.2) is 42.5 Å². The van der Waals surface area contributed by atoms with Crippen LogP contribution in [0.5, 0.6) is 0 Å². The number of anilines is 1. The number of amides is 2. The van der Waals surface area contributed by atoms with Crippen LogP contribution >= 0.6 is 23.2 Å². The minimum atomic E-state index is -3.14. The molecule has 2 N–H and O–H groups in total. The Hall–Kier alpha value is -2.09. The molecule has 0 bridgehead atoms. The van der Waals surface area contributed by atoms with Crippen LogP contribution in [0, 0.1) is 0 Å². The number of carbonyl (C=O) groups is 2. The van der Waals surface area contributed by atoms with Crippen LogP contribution in [-0.2, 0) is 19.4 Å². The maximum Gasteiger partial charge on any atom is 0.313 e. The molecule has 142 valence electrons. The molecular formula is C18H16Cl2N2O4S. The molecule has 0 aliphatic carbocycles. The molecule has 3 rings (SSSR count). The summed E-state index contributed by atoms with van der Waals surface area (Å²) in [5.41, 5.74) is 2.02. The highest BCUT2D eigenvalue weighted by Gasteiger charge is 2.30. The lowest BCUT2D eigenvalue weighted by molar-refractivity contribution is -0.136. The van der Waals surface area contributed by atoms with Crippen LogP contribution in [-0.4, -0.2) is 37.8 Å². The number of nitrogens with one attached hydrogen (secondary N) is 2. The Morgan fingerprint density at radius 3 is 2.37 bits per heavy atom. The van der Waals surface area contributed by atoms with Crippen molar-refractivity contribution in [3.63, 3.8) is 0 Å². The molecule has 1 unspecified atom stereocenters. The van der Waals surface area contributed by atoms with Crippen LogP contribution in [0.1, 0.15) is 6.42 Å². The first-order valence-electron chi connectivity index (χ1n) is 8.11. The summed E-state index contributed by atoms with van der Waals surface area (Å²) in [6, 6.07) is 11.6. The molecule has 1 heterocycles. The summed E-state index contributed by atoms with van der Waals surface area (Å²) in [6.45, 7) is 0. The third kappa shape index (κ3) is 5.00. The zero-order valence-electron chi connectivity index (χ0n) is 14.0. The molecule has 1 aliphatic heterocycles. The standard InChI is InChI=1S/C18H16Cl2N2O4S/c19-15-5-4-12(9-16(15)20)11-2-1-3-13(8-11)21-17(23)18(24)22-14-6-7-27(25,26)10-14/h1-5,8-9,14H,6-7,10H2,(H,21,23)(H,22,24). The van der Waals surface area contributed by atoms with Crippen molar-refractivity contribution in [2.75, 3.05) is 16.8 Å². The van der Waals surface area contributed by atoms with Gasteiger partial charge >= 0.3 is 11.8 Å². The summed E-state index contributed by atoms with van der Waals surface area (Å²) in [4.78, 5) is 24.1. The van der Waals surface area contributed by atoms with Gasteiger partial charge in [-0.05, 0) is 41.8 Å². The Bertz CT molecular complexity index is 1010. The van der Waals surface area contributed by atoms with E-state index in [-0.39, 0.29) is 11.5 Å². The van der Waals surface area contributed by atoms with E-state index < -0.39 is 27.7 Å². The summed E-state index contributed by atoms with van der Waals surface area (Å²) in [5.74, 6) is -1.84. The Kier molecular flexibility index (Phi) is 5.74.